The summed E-state index contributed by atoms with van der Waals surface area (Å²) in [5.74, 6) is 1.88. The Labute approximate surface area is 167 Å². The third kappa shape index (κ3) is 7.96. The molecule has 0 spiro atoms. The predicted molar refractivity (Wildman–Crippen MR) is 116 cm³/mol. The van der Waals surface area contributed by atoms with Crippen molar-refractivity contribution in [3.63, 3.8) is 0 Å². The van der Waals surface area contributed by atoms with Crippen LogP contribution in [0.5, 0.6) is 5.75 Å². The molecular formula is C18H30IN3OS. The third-order valence-corrected chi connectivity index (χ3v) is 5.25. The second-order valence-electron chi connectivity index (χ2n) is 5.88. The molecule has 2 atom stereocenters. The van der Waals surface area contributed by atoms with E-state index in [2.05, 4.69) is 21.9 Å². The van der Waals surface area contributed by atoms with E-state index in [1.165, 1.54) is 19.3 Å². The largest absolute Gasteiger partial charge is 0.494 e. The van der Waals surface area contributed by atoms with Crippen LogP contribution in [-0.4, -0.2) is 43.7 Å². The fourth-order valence-corrected chi connectivity index (χ4v) is 3.61. The van der Waals surface area contributed by atoms with Gasteiger partial charge in [-0.2, -0.15) is 11.8 Å². The molecule has 2 N–H and O–H groups in total. The van der Waals surface area contributed by atoms with Crippen LogP contribution in [0.2, 0.25) is 0 Å². The van der Waals surface area contributed by atoms with Gasteiger partial charge in [0.1, 0.15) is 5.75 Å². The van der Waals surface area contributed by atoms with Gasteiger partial charge < -0.3 is 15.4 Å². The molecule has 0 radical (unpaired) electrons. The minimum atomic E-state index is 0. The first-order valence-electron chi connectivity index (χ1n) is 8.49. The van der Waals surface area contributed by atoms with Crippen LogP contribution in [-0.2, 0) is 0 Å². The molecule has 0 aromatic heterocycles. The highest BCUT2D eigenvalue weighted by molar-refractivity contribution is 14.0. The van der Waals surface area contributed by atoms with Crippen LogP contribution < -0.4 is 15.4 Å². The summed E-state index contributed by atoms with van der Waals surface area (Å²) in [4.78, 5) is 4.32. The molecule has 24 heavy (non-hydrogen) atoms. The Kier molecular flexibility index (Phi) is 11.3. The average Bonchev–Trinajstić information content (AvgIpc) is 3.05. The molecule has 0 amide bonds. The van der Waals surface area contributed by atoms with Gasteiger partial charge in [0.15, 0.2) is 5.96 Å². The van der Waals surface area contributed by atoms with Crippen molar-refractivity contribution < 1.29 is 4.74 Å². The normalized spacial score (nSPS) is 20.3. The quantitative estimate of drug-likeness (QED) is 0.266. The Morgan fingerprint density at radius 3 is 2.71 bits per heavy atom. The van der Waals surface area contributed by atoms with Gasteiger partial charge in [0, 0.05) is 24.9 Å². The van der Waals surface area contributed by atoms with E-state index in [4.69, 9.17) is 4.74 Å². The zero-order valence-electron chi connectivity index (χ0n) is 14.7. The summed E-state index contributed by atoms with van der Waals surface area (Å²) < 4.78 is 5.70. The molecule has 2 rings (SSSR count). The number of thioether (sulfide) groups is 1. The second-order valence-corrected chi connectivity index (χ2v) is 7.02. The number of ether oxygens (including phenoxy) is 1. The predicted octanol–water partition coefficient (Wildman–Crippen LogP) is 3.91. The Balaban J connectivity index is 0.00000288. The molecule has 1 aliphatic carbocycles. The van der Waals surface area contributed by atoms with Crippen molar-refractivity contribution in [2.75, 3.05) is 26.5 Å². The van der Waals surface area contributed by atoms with Crippen molar-refractivity contribution >= 4 is 41.7 Å². The maximum absolute atomic E-state index is 5.70. The van der Waals surface area contributed by atoms with E-state index in [1.54, 1.807) is 0 Å². The van der Waals surface area contributed by atoms with Gasteiger partial charge >= 0.3 is 0 Å². The Bertz CT molecular complexity index is 473. The molecule has 1 aromatic carbocycles. The first kappa shape index (κ1) is 21.4. The molecule has 1 fully saturated rings. The molecule has 1 aromatic rings. The van der Waals surface area contributed by atoms with Crippen molar-refractivity contribution in [1.29, 1.82) is 0 Å². The number of rotatable bonds is 8. The van der Waals surface area contributed by atoms with E-state index in [9.17, 15) is 0 Å². The summed E-state index contributed by atoms with van der Waals surface area (Å²) in [6.45, 7) is 1.69. The molecule has 0 saturated heterocycles. The SMILES string of the molecule is CN=C(NCCCCOc1ccccc1)NC1CCC(SC)C1.I. The smallest absolute Gasteiger partial charge is 0.191 e. The molecule has 2 unspecified atom stereocenters. The van der Waals surface area contributed by atoms with Gasteiger partial charge in [-0.1, -0.05) is 18.2 Å². The van der Waals surface area contributed by atoms with Crippen LogP contribution in [0.25, 0.3) is 0 Å². The van der Waals surface area contributed by atoms with E-state index in [1.807, 2.05) is 49.1 Å². The zero-order valence-corrected chi connectivity index (χ0v) is 17.8. The van der Waals surface area contributed by atoms with Crippen molar-refractivity contribution in [2.24, 2.45) is 4.99 Å². The molecule has 0 aliphatic heterocycles. The fourth-order valence-electron chi connectivity index (χ4n) is 2.81. The summed E-state index contributed by atoms with van der Waals surface area (Å²) in [6.07, 6.45) is 8.12. The number of benzene rings is 1. The number of aliphatic imine (C=N–C) groups is 1. The van der Waals surface area contributed by atoms with Gasteiger partial charge in [0.05, 0.1) is 6.61 Å². The highest BCUT2D eigenvalue weighted by Crippen LogP contribution is 2.27. The lowest BCUT2D eigenvalue weighted by atomic mass is 10.2. The number of hydrogen-bond acceptors (Lipinski definition) is 3. The van der Waals surface area contributed by atoms with Gasteiger partial charge in [-0.05, 0) is 50.5 Å². The Morgan fingerprint density at radius 2 is 2.04 bits per heavy atom. The Hall–Kier alpha value is -0.630. The molecule has 4 nitrogen and oxygen atoms in total. The van der Waals surface area contributed by atoms with E-state index in [0.717, 1.165) is 43.0 Å². The minimum Gasteiger partial charge on any atom is -0.494 e. The molecule has 0 heterocycles. The maximum atomic E-state index is 5.70. The number of hydrogen-bond donors (Lipinski definition) is 2. The monoisotopic (exact) mass is 463 g/mol. The van der Waals surface area contributed by atoms with Crippen molar-refractivity contribution in [2.45, 2.75) is 43.4 Å². The van der Waals surface area contributed by atoms with Crippen molar-refractivity contribution in [3.05, 3.63) is 30.3 Å². The summed E-state index contributed by atoms with van der Waals surface area (Å²) >= 11 is 1.98. The topological polar surface area (TPSA) is 45.7 Å². The lowest BCUT2D eigenvalue weighted by molar-refractivity contribution is 0.307. The number of unbranched alkanes of at least 4 members (excludes halogenated alkanes) is 1. The van der Waals surface area contributed by atoms with Gasteiger partial charge in [0.2, 0.25) is 0 Å². The van der Waals surface area contributed by atoms with Gasteiger partial charge in [0.25, 0.3) is 0 Å². The van der Waals surface area contributed by atoms with E-state index < -0.39 is 0 Å². The lowest BCUT2D eigenvalue weighted by Crippen LogP contribution is -2.42. The molecule has 6 heteroatoms. The molecule has 136 valence electrons. The van der Waals surface area contributed by atoms with Crippen molar-refractivity contribution in [1.82, 2.24) is 10.6 Å². The maximum Gasteiger partial charge on any atom is 0.191 e. The highest BCUT2D eigenvalue weighted by Gasteiger charge is 2.24. The van der Waals surface area contributed by atoms with E-state index in [-0.39, 0.29) is 24.0 Å². The fraction of sp³-hybridized carbons (Fsp3) is 0.611. The summed E-state index contributed by atoms with van der Waals surface area (Å²) in [5.41, 5.74) is 0. The number of guanidine groups is 1. The second kappa shape index (κ2) is 12.7. The van der Waals surface area contributed by atoms with Gasteiger partial charge in [-0.15, -0.1) is 24.0 Å². The van der Waals surface area contributed by atoms with Crippen LogP contribution >= 0.6 is 35.7 Å². The number of nitrogens with zero attached hydrogens (tertiary/aromatic N) is 1. The van der Waals surface area contributed by atoms with Crippen LogP contribution in [0, 0.1) is 0 Å². The van der Waals surface area contributed by atoms with Crippen LogP contribution in [0.3, 0.4) is 0 Å². The Morgan fingerprint density at radius 1 is 1.25 bits per heavy atom. The summed E-state index contributed by atoms with van der Waals surface area (Å²) in [5, 5.41) is 7.75. The van der Waals surface area contributed by atoms with Crippen LogP contribution in [0.4, 0.5) is 0 Å². The lowest BCUT2D eigenvalue weighted by Gasteiger charge is -2.17. The van der Waals surface area contributed by atoms with Crippen LogP contribution in [0.15, 0.2) is 35.3 Å². The average molecular weight is 463 g/mol. The van der Waals surface area contributed by atoms with Gasteiger partial charge in [-0.3, -0.25) is 4.99 Å². The molecular weight excluding hydrogens is 433 g/mol. The highest BCUT2D eigenvalue weighted by atomic mass is 127. The molecule has 1 saturated carbocycles. The van der Waals surface area contributed by atoms with Gasteiger partial charge in [-0.25, -0.2) is 0 Å². The minimum absolute atomic E-state index is 0. The standard InChI is InChI=1S/C18H29N3OS.HI/c1-19-18(21-15-10-11-17(14-15)23-2)20-12-6-7-13-22-16-8-4-3-5-9-16;/h3-5,8-9,15,17H,6-7,10-14H2,1-2H3,(H2,19,20,21);1H. The van der Waals surface area contributed by atoms with E-state index in [0.29, 0.717) is 6.04 Å². The van der Waals surface area contributed by atoms with Crippen LogP contribution in [0.1, 0.15) is 32.1 Å². The zero-order chi connectivity index (χ0) is 16.3. The first-order valence-corrected chi connectivity index (χ1v) is 9.78. The first-order chi connectivity index (χ1) is 11.3. The summed E-state index contributed by atoms with van der Waals surface area (Å²) in [6, 6.07) is 10.6. The third-order valence-electron chi connectivity index (χ3n) is 4.16. The molecule has 0 bridgehead atoms. The number of halogens is 1. The molecule has 1 aliphatic rings. The van der Waals surface area contributed by atoms with E-state index >= 15 is 0 Å². The van der Waals surface area contributed by atoms with Crippen molar-refractivity contribution in [3.8, 4) is 5.75 Å². The number of nitrogens with one attached hydrogen (secondary N) is 2. The number of para-hydroxylation sites is 1. The summed E-state index contributed by atoms with van der Waals surface area (Å²) in [7, 11) is 1.84.